The van der Waals surface area contributed by atoms with Gasteiger partial charge in [-0.05, 0) is 20.8 Å². The zero-order valence-electron chi connectivity index (χ0n) is 8.13. The van der Waals surface area contributed by atoms with Crippen molar-refractivity contribution in [2.24, 2.45) is 0 Å². The van der Waals surface area contributed by atoms with E-state index >= 15 is 0 Å². The second kappa shape index (κ2) is 4.30. The van der Waals surface area contributed by atoms with Gasteiger partial charge in [-0.15, -0.1) is 0 Å². The molecule has 0 unspecified atom stereocenters. The van der Waals surface area contributed by atoms with E-state index in [0.717, 1.165) is 0 Å². The average molecular weight is 175 g/mol. The lowest BCUT2D eigenvalue weighted by molar-refractivity contribution is 0.0342. The van der Waals surface area contributed by atoms with Crippen molar-refractivity contribution in [3.63, 3.8) is 0 Å². The number of hydrogen-bond acceptors (Lipinski definition) is 3. The van der Waals surface area contributed by atoms with Crippen molar-refractivity contribution in [1.82, 2.24) is 4.90 Å². The molecule has 0 rings (SSSR count). The van der Waals surface area contributed by atoms with E-state index < -0.39 is 11.7 Å². The minimum absolute atomic E-state index is 0.288. The van der Waals surface area contributed by atoms with E-state index in [1.165, 1.54) is 12.0 Å². The first-order valence-electron chi connectivity index (χ1n) is 3.96. The van der Waals surface area contributed by atoms with Gasteiger partial charge in [-0.1, -0.05) is 0 Å². The Morgan fingerprint density at radius 1 is 1.58 bits per heavy atom. The van der Waals surface area contributed by atoms with Gasteiger partial charge in [0, 0.05) is 6.54 Å². The van der Waals surface area contributed by atoms with Crippen LogP contribution in [0.15, 0.2) is 0 Å². The number of nitrogens with zero attached hydrogens (tertiary/aromatic N) is 1. The summed E-state index contributed by atoms with van der Waals surface area (Å²) in [5.41, 5.74) is -0.871. The number of carbonyl (C=O) groups is 1. The number of aliphatic hydroxyl groups is 1. The number of rotatable bonds is 3. The molecule has 0 aliphatic carbocycles. The van der Waals surface area contributed by atoms with Crippen molar-refractivity contribution in [2.45, 2.75) is 26.4 Å². The topological polar surface area (TPSA) is 49.8 Å². The molecule has 0 aromatic carbocycles. The van der Waals surface area contributed by atoms with Gasteiger partial charge in [0.2, 0.25) is 0 Å². The summed E-state index contributed by atoms with van der Waals surface area (Å²) >= 11 is 0. The van der Waals surface area contributed by atoms with Gasteiger partial charge in [0.05, 0.1) is 19.3 Å². The Morgan fingerprint density at radius 2 is 2.08 bits per heavy atom. The number of ether oxygens (including phenoxy) is 1. The molecule has 4 heteroatoms. The van der Waals surface area contributed by atoms with Gasteiger partial charge in [-0.25, -0.2) is 4.79 Å². The van der Waals surface area contributed by atoms with Crippen LogP contribution in [-0.2, 0) is 4.74 Å². The van der Waals surface area contributed by atoms with Gasteiger partial charge in [0.1, 0.15) is 0 Å². The lowest BCUT2D eigenvalue weighted by atomic mass is 10.1. The van der Waals surface area contributed by atoms with E-state index in [1.54, 1.807) is 13.8 Å². The third-order valence-corrected chi connectivity index (χ3v) is 1.39. The van der Waals surface area contributed by atoms with Crippen LogP contribution < -0.4 is 0 Å². The SMILES string of the molecule is CCN(CC(C)(C)O)C(=O)OC. The van der Waals surface area contributed by atoms with Crippen molar-refractivity contribution < 1.29 is 14.6 Å². The van der Waals surface area contributed by atoms with Crippen molar-refractivity contribution in [1.29, 1.82) is 0 Å². The second-order valence-corrected chi connectivity index (χ2v) is 3.30. The molecule has 1 amide bonds. The fourth-order valence-electron chi connectivity index (χ4n) is 0.902. The lowest BCUT2D eigenvalue weighted by Gasteiger charge is -2.26. The quantitative estimate of drug-likeness (QED) is 0.691. The molecular formula is C8H17NO3. The van der Waals surface area contributed by atoms with E-state index in [0.29, 0.717) is 6.54 Å². The van der Waals surface area contributed by atoms with Crippen LogP contribution in [-0.4, -0.2) is 41.9 Å². The monoisotopic (exact) mass is 175 g/mol. The highest BCUT2D eigenvalue weighted by atomic mass is 16.5. The van der Waals surface area contributed by atoms with Crippen LogP contribution in [0.2, 0.25) is 0 Å². The van der Waals surface area contributed by atoms with E-state index in [9.17, 15) is 9.90 Å². The lowest BCUT2D eigenvalue weighted by Crippen LogP contribution is -2.42. The molecular weight excluding hydrogens is 158 g/mol. The summed E-state index contributed by atoms with van der Waals surface area (Å²) in [4.78, 5) is 12.5. The third-order valence-electron chi connectivity index (χ3n) is 1.39. The van der Waals surface area contributed by atoms with Crippen LogP contribution in [0.4, 0.5) is 4.79 Å². The molecule has 0 radical (unpaired) electrons. The van der Waals surface area contributed by atoms with Crippen LogP contribution in [0.5, 0.6) is 0 Å². The molecule has 0 saturated carbocycles. The molecule has 0 heterocycles. The minimum atomic E-state index is -0.871. The second-order valence-electron chi connectivity index (χ2n) is 3.30. The molecule has 0 aromatic heterocycles. The number of amides is 1. The Bertz CT molecular complexity index is 151. The summed E-state index contributed by atoms with van der Waals surface area (Å²) in [5.74, 6) is 0. The normalized spacial score (nSPS) is 11.1. The van der Waals surface area contributed by atoms with Crippen LogP contribution in [0.25, 0.3) is 0 Å². The Hall–Kier alpha value is -0.770. The predicted octanol–water partition coefficient (Wildman–Crippen LogP) is 0.846. The van der Waals surface area contributed by atoms with Gasteiger partial charge in [0.15, 0.2) is 0 Å². The average Bonchev–Trinajstić information content (AvgIpc) is 1.97. The molecule has 0 aliphatic rings. The molecule has 4 nitrogen and oxygen atoms in total. The first-order valence-corrected chi connectivity index (χ1v) is 3.96. The highest BCUT2D eigenvalue weighted by Gasteiger charge is 2.21. The highest BCUT2D eigenvalue weighted by molar-refractivity contribution is 5.67. The Kier molecular flexibility index (Phi) is 4.03. The van der Waals surface area contributed by atoms with E-state index in [2.05, 4.69) is 4.74 Å². The summed E-state index contributed by atoms with van der Waals surface area (Å²) in [6.45, 7) is 5.96. The Balaban J connectivity index is 4.09. The summed E-state index contributed by atoms with van der Waals surface area (Å²) in [5, 5.41) is 9.41. The first kappa shape index (κ1) is 11.2. The fraction of sp³-hybridized carbons (Fsp3) is 0.875. The molecule has 1 N–H and O–H groups in total. The summed E-state index contributed by atoms with van der Waals surface area (Å²) in [6, 6.07) is 0. The van der Waals surface area contributed by atoms with Crippen LogP contribution in [0.3, 0.4) is 0 Å². The zero-order valence-corrected chi connectivity index (χ0v) is 8.13. The zero-order chi connectivity index (χ0) is 9.78. The van der Waals surface area contributed by atoms with Gasteiger partial charge in [-0.3, -0.25) is 0 Å². The predicted molar refractivity (Wildman–Crippen MR) is 45.9 cm³/mol. The third kappa shape index (κ3) is 4.18. The Morgan fingerprint density at radius 3 is 2.33 bits per heavy atom. The molecule has 12 heavy (non-hydrogen) atoms. The summed E-state index contributed by atoms with van der Waals surface area (Å²) in [7, 11) is 1.33. The number of carbonyl (C=O) groups excluding carboxylic acids is 1. The fourth-order valence-corrected chi connectivity index (χ4v) is 0.902. The van der Waals surface area contributed by atoms with Crippen molar-refractivity contribution >= 4 is 6.09 Å². The molecule has 72 valence electrons. The first-order chi connectivity index (χ1) is 5.40. The number of hydrogen-bond donors (Lipinski definition) is 1. The van der Waals surface area contributed by atoms with E-state index in [1.807, 2.05) is 6.92 Å². The molecule has 0 aromatic rings. The molecule has 0 bridgehead atoms. The van der Waals surface area contributed by atoms with Crippen LogP contribution in [0.1, 0.15) is 20.8 Å². The summed E-state index contributed by atoms with van der Waals surface area (Å²) < 4.78 is 4.53. The van der Waals surface area contributed by atoms with E-state index in [4.69, 9.17) is 0 Å². The standard InChI is InChI=1S/C8H17NO3/c1-5-9(7(10)12-4)6-8(2,3)11/h11H,5-6H2,1-4H3. The van der Waals surface area contributed by atoms with Crippen LogP contribution >= 0.6 is 0 Å². The maximum Gasteiger partial charge on any atom is 0.409 e. The van der Waals surface area contributed by atoms with Crippen molar-refractivity contribution in [3.05, 3.63) is 0 Å². The van der Waals surface area contributed by atoms with E-state index in [-0.39, 0.29) is 6.54 Å². The Labute approximate surface area is 73.1 Å². The molecule has 0 spiro atoms. The van der Waals surface area contributed by atoms with Crippen LogP contribution in [0, 0.1) is 0 Å². The molecule has 0 fully saturated rings. The number of methoxy groups -OCH3 is 1. The van der Waals surface area contributed by atoms with Crippen molar-refractivity contribution in [2.75, 3.05) is 20.2 Å². The molecule has 0 aliphatic heterocycles. The van der Waals surface area contributed by atoms with Gasteiger partial charge in [0.25, 0.3) is 0 Å². The molecule has 0 atom stereocenters. The highest BCUT2D eigenvalue weighted by Crippen LogP contribution is 2.05. The maximum atomic E-state index is 11.0. The van der Waals surface area contributed by atoms with Gasteiger partial charge < -0.3 is 14.7 Å². The minimum Gasteiger partial charge on any atom is -0.453 e. The van der Waals surface area contributed by atoms with Gasteiger partial charge >= 0.3 is 6.09 Å². The van der Waals surface area contributed by atoms with Crippen molar-refractivity contribution in [3.8, 4) is 0 Å². The maximum absolute atomic E-state index is 11.0. The number of likely N-dealkylation sites (N-methyl/N-ethyl adjacent to an activating group) is 1. The van der Waals surface area contributed by atoms with Gasteiger partial charge in [-0.2, -0.15) is 0 Å². The summed E-state index contributed by atoms with van der Waals surface area (Å²) in [6.07, 6.45) is -0.403. The molecule has 0 saturated heterocycles. The largest absolute Gasteiger partial charge is 0.453 e. The smallest absolute Gasteiger partial charge is 0.409 e.